The van der Waals surface area contributed by atoms with Gasteiger partial charge < -0.3 is 10.5 Å². The fraction of sp³-hybridized carbons (Fsp3) is 0.538. The molecule has 0 bridgehead atoms. The van der Waals surface area contributed by atoms with Crippen LogP contribution in [0.2, 0.25) is 0 Å². The second kappa shape index (κ2) is 5.38. The third-order valence-electron chi connectivity index (χ3n) is 3.53. The van der Waals surface area contributed by atoms with E-state index in [0.717, 1.165) is 29.7 Å². The van der Waals surface area contributed by atoms with Gasteiger partial charge in [-0.25, -0.2) is 0 Å². The van der Waals surface area contributed by atoms with E-state index in [4.69, 9.17) is 10.5 Å². The van der Waals surface area contributed by atoms with Gasteiger partial charge in [-0.3, -0.25) is 4.90 Å². The Morgan fingerprint density at radius 3 is 2.88 bits per heavy atom. The molecule has 1 aromatic carbocycles. The lowest BCUT2D eigenvalue weighted by atomic mass is 10.00. The van der Waals surface area contributed by atoms with Gasteiger partial charge in [0.15, 0.2) is 0 Å². The summed E-state index contributed by atoms with van der Waals surface area (Å²) in [5.41, 5.74) is 7.06. The van der Waals surface area contributed by atoms with E-state index in [1.165, 1.54) is 5.56 Å². The van der Waals surface area contributed by atoms with Crippen LogP contribution in [0.1, 0.15) is 18.0 Å². The zero-order valence-electron chi connectivity index (χ0n) is 10.3. The second-order valence-corrected chi connectivity index (χ2v) is 5.53. The zero-order chi connectivity index (χ0) is 12.4. The van der Waals surface area contributed by atoms with Crippen molar-refractivity contribution >= 4 is 15.9 Å². The summed E-state index contributed by atoms with van der Waals surface area (Å²) < 4.78 is 6.44. The van der Waals surface area contributed by atoms with Gasteiger partial charge in [0.05, 0.1) is 7.11 Å². The molecule has 0 saturated carbocycles. The topological polar surface area (TPSA) is 38.5 Å². The Bertz CT molecular complexity index is 397. The summed E-state index contributed by atoms with van der Waals surface area (Å²) >= 11 is 3.63. The molecule has 1 aliphatic heterocycles. The van der Waals surface area contributed by atoms with Crippen molar-refractivity contribution in [3.63, 3.8) is 0 Å². The first kappa shape index (κ1) is 12.9. The molecule has 3 nitrogen and oxygen atoms in total. The van der Waals surface area contributed by atoms with Crippen LogP contribution in [-0.4, -0.2) is 32.1 Å². The number of benzene rings is 1. The van der Waals surface area contributed by atoms with Crippen molar-refractivity contribution in [3.8, 4) is 5.75 Å². The van der Waals surface area contributed by atoms with Crippen molar-refractivity contribution < 1.29 is 4.74 Å². The first-order valence-electron chi connectivity index (χ1n) is 5.89. The minimum atomic E-state index is 0.438. The van der Waals surface area contributed by atoms with E-state index in [2.05, 4.69) is 40.0 Å². The van der Waals surface area contributed by atoms with Gasteiger partial charge in [0, 0.05) is 17.1 Å². The molecule has 0 aliphatic carbocycles. The highest BCUT2D eigenvalue weighted by atomic mass is 79.9. The molecule has 0 radical (unpaired) electrons. The molecule has 0 amide bonds. The minimum absolute atomic E-state index is 0.438. The summed E-state index contributed by atoms with van der Waals surface area (Å²) in [6.07, 6.45) is 1.12. The van der Waals surface area contributed by atoms with Crippen molar-refractivity contribution in [3.05, 3.63) is 28.2 Å². The Morgan fingerprint density at radius 2 is 2.29 bits per heavy atom. The monoisotopic (exact) mass is 298 g/mol. The van der Waals surface area contributed by atoms with E-state index in [1.807, 2.05) is 6.07 Å². The molecular formula is C13H19BrN2O. The Hall–Kier alpha value is -0.580. The van der Waals surface area contributed by atoms with E-state index >= 15 is 0 Å². The highest BCUT2D eigenvalue weighted by molar-refractivity contribution is 9.10. The van der Waals surface area contributed by atoms with Crippen LogP contribution in [0.5, 0.6) is 5.75 Å². The molecular weight excluding hydrogens is 280 g/mol. The summed E-state index contributed by atoms with van der Waals surface area (Å²) in [4.78, 5) is 2.37. The number of nitrogens with zero attached hydrogens (tertiary/aromatic N) is 1. The number of rotatable bonds is 3. The fourth-order valence-corrected chi connectivity index (χ4v) is 3.05. The van der Waals surface area contributed by atoms with Crippen molar-refractivity contribution in [2.24, 2.45) is 11.7 Å². The van der Waals surface area contributed by atoms with Crippen molar-refractivity contribution in [2.45, 2.75) is 12.5 Å². The first-order chi connectivity index (χ1) is 8.15. The summed E-state index contributed by atoms with van der Waals surface area (Å²) in [5.74, 6) is 1.51. The lowest BCUT2D eigenvalue weighted by Gasteiger charge is -2.21. The summed E-state index contributed by atoms with van der Waals surface area (Å²) in [6, 6.07) is 6.58. The highest BCUT2D eigenvalue weighted by Crippen LogP contribution is 2.38. The van der Waals surface area contributed by atoms with E-state index < -0.39 is 0 Å². The Balaban J connectivity index is 2.27. The minimum Gasteiger partial charge on any atom is -0.497 e. The average molecular weight is 299 g/mol. The van der Waals surface area contributed by atoms with Gasteiger partial charge in [0.25, 0.3) is 0 Å². The number of likely N-dealkylation sites (tertiary alicyclic amines) is 1. The molecule has 17 heavy (non-hydrogen) atoms. The average Bonchev–Trinajstić information content (AvgIpc) is 2.71. The molecule has 0 spiro atoms. The van der Waals surface area contributed by atoms with Crippen LogP contribution in [0.3, 0.4) is 0 Å². The van der Waals surface area contributed by atoms with Crippen LogP contribution in [-0.2, 0) is 0 Å². The molecule has 0 aromatic heterocycles. The molecule has 1 aromatic rings. The van der Waals surface area contributed by atoms with Gasteiger partial charge in [-0.15, -0.1) is 0 Å². The third-order valence-corrected chi connectivity index (χ3v) is 4.25. The number of hydrogen-bond donors (Lipinski definition) is 1. The van der Waals surface area contributed by atoms with Crippen LogP contribution in [0.15, 0.2) is 22.7 Å². The maximum absolute atomic E-state index is 5.77. The van der Waals surface area contributed by atoms with Gasteiger partial charge in [0.2, 0.25) is 0 Å². The maximum Gasteiger partial charge on any atom is 0.119 e. The lowest BCUT2D eigenvalue weighted by molar-refractivity contribution is 0.311. The molecule has 4 heteroatoms. The largest absolute Gasteiger partial charge is 0.497 e. The molecule has 2 atom stereocenters. The first-order valence-corrected chi connectivity index (χ1v) is 6.68. The second-order valence-electron chi connectivity index (χ2n) is 4.68. The van der Waals surface area contributed by atoms with Crippen LogP contribution in [0, 0.1) is 5.92 Å². The van der Waals surface area contributed by atoms with E-state index in [0.29, 0.717) is 12.0 Å². The van der Waals surface area contributed by atoms with Crippen LogP contribution >= 0.6 is 15.9 Å². The SMILES string of the molecule is COc1ccc(Br)c(C2CC(CN)CN2C)c1. The number of hydrogen-bond acceptors (Lipinski definition) is 3. The number of methoxy groups -OCH3 is 1. The third kappa shape index (κ3) is 2.64. The zero-order valence-corrected chi connectivity index (χ0v) is 11.9. The van der Waals surface area contributed by atoms with Crippen LogP contribution < -0.4 is 10.5 Å². The quantitative estimate of drug-likeness (QED) is 0.931. The molecule has 1 fully saturated rings. The number of ether oxygens (including phenoxy) is 1. The predicted molar refractivity (Wildman–Crippen MR) is 73.2 cm³/mol. The fourth-order valence-electron chi connectivity index (χ4n) is 2.54. The maximum atomic E-state index is 5.77. The van der Waals surface area contributed by atoms with Gasteiger partial charge >= 0.3 is 0 Å². The van der Waals surface area contributed by atoms with Crippen molar-refractivity contribution in [1.82, 2.24) is 4.90 Å². The predicted octanol–water partition coefficient (Wildman–Crippen LogP) is 2.41. The molecule has 2 N–H and O–H groups in total. The molecule has 2 rings (SSSR count). The normalized spacial score (nSPS) is 25.2. The van der Waals surface area contributed by atoms with Gasteiger partial charge in [-0.2, -0.15) is 0 Å². The van der Waals surface area contributed by atoms with Crippen LogP contribution in [0.25, 0.3) is 0 Å². The van der Waals surface area contributed by atoms with E-state index in [-0.39, 0.29) is 0 Å². The van der Waals surface area contributed by atoms with E-state index in [1.54, 1.807) is 7.11 Å². The summed E-state index contributed by atoms with van der Waals surface area (Å²) in [5, 5.41) is 0. The van der Waals surface area contributed by atoms with E-state index in [9.17, 15) is 0 Å². The number of nitrogens with two attached hydrogens (primary N) is 1. The van der Waals surface area contributed by atoms with Gasteiger partial charge in [-0.1, -0.05) is 15.9 Å². The molecule has 94 valence electrons. The van der Waals surface area contributed by atoms with Crippen LogP contribution in [0.4, 0.5) is 0 Å². The molecule has 1 saturated heterocycles. The Morgan fingerprint density at radius 1 is 1.53 bits per heavy atom. The van der Waals surface area contributed by atoms with Gasteiger partial charge in [-0.05, 0) is 49.7 Å². The molecule has 2 unspecified atom stereocenters. The summed E-state index contributed by atoms with van der Waals surface area (Å²) in [6.45, 7) is 1.84. The smallest absolute Gasteiger partial charge is 0.119 e. The molecule has 1 heterocycles. The van der Waals surface area contributed by atoms with Crippen molar-refractivity contribution in [2.75, 3.05) is 27.2 Å². The summed E-state index contributed by atoms with van der Waals surface area (Å²) in [7, 11) is 3.86. The standard InChI is InChI=1S/C13H19BrN2O/c1-16-8-9(7-15)5-13(16)11-6-10(17-2)3-4-12(11)14/h3-4,6,9,13H,5,7-8,15H2,1-2H3. The Kier molecular flexibility index (Phi) is 4.07. The Labute approximate surface area is 111 Å². The van der Waals surface area contributed by atoms with Gasteiger partial charge in [0.1, 0.15) is 5.75 Å². The lowest BCUT2D eigenvalue weighted by Crippen LogP contribution is -2.20. The highest BCUT2D eigenvalue weighted by Gasteiger charge is 2.30. The molecule has 1 aliphatic rings. The van der Waals surface area contributed by atoms with Crippen molar-refractivity contribution in [1.29, 1.82) is 0 Å². The number of halogens is 1.